The second-order valence-corrected chi connectivity index (χ2v) is 18.8. The van der Waals surface area contributed by atoms with Gasteiger partial charge in [0.05, 0.1) is 16.1 Å². The minimum absolute atomic E-state index is 0.313. The van der Waals surface area contributed by atoms with E-state index in [0.717, 1.165) is 0 Å². The Labute approximate surface area is 158 Å². The van der Waals surface area contributed by atoms with Crippen LogP contribution >= 0.6 is 0 Å². The summed E-state index contributed by atoms with van der Waals surface area (Å²) in [6.45, 7) is 10.6. The van der Waals surface area contributed by atoms with Gasteiger partial charge in [-0.3, -0.25) is 0 Å². The SMILES string of the molecule is C[Si]1(C)c2cccc3cccc(c23)[Si](C)(C)C12CC=Cc1ccccc12. The maximum absolute atomic E-state index is 2.64. The molecule has 3 aromatic carbocycles. The van der Waals surface area contributed by atoms with Gasteiger partial charge in [-0.15, -0.1) is 0 Å². The Kier molecular flexibility index (Phi) is 3.18. The van der Waals surface area contributed by atoms with Crippen molar-refractivity contribution in [2.45, 2.75) is 37.3 Å². The van der Waals surface area contributed by atoms with E-state index in [4.69, 9.17) is 0 Å². The van der Waals surface area contributed by atoms with Gasteiger partial charge in [-0.05, 0) is 33.0 Å². The third kappa shape index (κ3) is 1.70. The van der Waals surface area contributed by atoms with E-state index in [9.17, 15) is 0 Å². The van der Waals surface area contributed by atoms with Crippen molar-refractivity contribution in [2.75, 3.05) is 0 Å². The zero-order valence-corrected chi connectivity index (χ0v) is 18.1. The first-order valence-corrected chi connectivity index (χ1v) is 15.7. The maximum Gasteiger partial charge on any atom is 0.0900 e. The van der Waals surface area contributed by atoms with E-state index in [1.807, 2.05) is 0 Å². The molecular formula is C24H26Si2. The molecule has 1 aliphatic heterocycles. The van der Waals surface area contributed by atoms with Gasteiger partial charge in [0, 0.05) is 0 Å². The van der Waals surface area contributed by atoms with Gasteiger partial charge in [0.2, 0.25) is 0 Å². The Bertz CT molecular complexity index is 1020. The molecule has 0 atom stereocenters. The minimum Gasteiger partial charge on any atom is -0.0836 e. The van der Waals surface area contributed by atoms with Crippen LogP contribution in [-0.4, -0.2) is 16.1 Å². The van der Waals surface area contributed by atoms with E-state index < -0.39 is 16.1 Å². The molecule has 2 aliphatic rings. The first kappa shape index (κ1) is 16.3. The molecule has 0 bridgehead atoms. The van der Waals surface area contributed by atoms with Crippen molar-refractivity contribution >= 4 is 43.4 Å². The summed E-state index contributed by atoms with van der Waals surface area (Å²) in [6, 6.07) is 23.3. The molecule has 0 unspecified atom stereocenters. The smallest absolute Gasteiger partial charge is 0.0836 e. The van der Waals surface area contributed by atoms with Crippen LogP contribution in [0.2, 0.25) is 26.2 Å². The molecule has 1 heterocycles. The van der Waals surface area contributed by atoms with E-state index >= 15 is 0 Å². The summed E-state index contributed by atoms with van der Waals surface area (Å²) < 4.78 is 0.313. The molecule has 1 aliphatic carbocycles. The van der Waals surface area contributed by atoms with Gasteiger partial charge in [0.1, 0.15) is 0 Å². The van der Waals surface area contributed by atoms with E-state index in [1.54, 1.807) is 21.3 Å². The lowest BCUT2D eigenvalue weighted by Gasteiger charge is -2.59. The van der Waals surface area contributed by atoms with Gasteiger partial charge in [0.15, 0.2) is 0 Å². The normalized spacial score (nSPS) is 20.9. The van der Waals surface area contributed by atoms with Crippen LogP contribution in [0.15, 0.2) is 66.7 Å². The highest BCUT2D eigenvalue weighted by molar-refractivity contribution is 7.13. The van der Waals surface area contributed by atoms with Gasteiger partial charge < -0.3 is 0 Å². The fraction of sp³-hybridized carbons (Fsp3) is 0.250. The lowest BCUT2D eigenvalue weighted by molar-refractivity contribution is 0.776. The molecule has 0 N–H and O–H groups in total. The van der Waals surface area contributed by atoms with Gasteiger partial charge in [-0.25, -0.2) is 0 Å². The standard InChI is InChI=1S/C24H26Si2/c1-25(2)21-15-7-11-19-12-8-16-22(23(19)21)26(3,4)24(25)17-9-13-18-10-5-6-14-20(18)24/h5-16H,17H2,1-4H3. The van der Waals surface area contributed by atoms with Crippen LogP contribution in [0.5, 0.6) is 0 Å². The first-order chi connectivity index (χ1) is 12.4. The van der Waals surface area contributed by atoms with Crippen molar-refractivity contribution in [2.24, 2.45) is 0 Å². The minimum atomic E-state index is -1.77. The van der Waals surface area contributed by atoms with Crippen LogP contribution in [0.3, 0.4) is 0 Å². The largest absolute Gasteiger partial charge is 0.0900 e. The van der Waals surface area contributed by atoms with Crippen LogP contribution in [0, 0.1) is 0 Å². The summed E-state index contributed by atoms with van der Waals surface area (Å²) in [5, 5.41) is 6.38. The van der Waals surface area contributed by atoms with E-state index in [0.29, 0.717) is 4.66 Å². The average Bonchev–Trinajstić information content (AvgIpc) is 2.65. The Morgan fingerprint density at radius 3 is 2.00 bits per heavy atom. The van der Waals surface area contributed by atoms with Crippen LogP contribution in [0.1, 0.15) is 17.5 Å². The summed E-state index contributed by atoms with van der Waals surface area (Å²) in [5.74, 6) is 0. The molecule has 0 amide bonds. The monoisotopic (exact) mass is 370 g/mol. The highest BCUT2D eigenvalue weighted by Crippen LogP contribution is 2.51. The van der Waals surface area contributed by atoms with Gasteiger partial charge >= 0.3 is 0 Å². The Balaban J connectivity index is 1.97. The molecule has 0 nitrogen and oxygen atoms in total. The van der Waals surface area contributed by atoms with Crippen molar-refractivity contribution in [3.63, 3.8) is 0 Å². The van der Waals surface area contributed by atoms with Crippen molar-refractivity contribution in [1.29, 1.82) is 0 Å². The van der Waals surface area contributed by atoms with Gasteiger partial charge in [-0.2, -0.15) is 0 Å². The lowest BCUT2D eigenvalue weighted by atomic mass is 9.96. The summed E-state index contributed by atoms with van der Waals surface area (Å²) in [7, 11) is -3.53. The fourth-order valence-corrected chi connectivity index (χ4v) is 20.3. The Morgan fingerprint density at radius 2 is 1.35 bits per heavy atom. The third-order valence-electron chi connectivity index (χ3n) is 7.53. The number of benzene rings is 3. The van der Waals surface area contributed by atoms with E-state index in [-0.39, 0.29) is 0 Å². The molecule has 5 rings (SSSR count). The molecular weight excluding hydrogens is 344 g/mol. The zero-order chi connectivity index (χ0) is 18.2. The van der Waals surface area contributed by atoms with E-state index in [1.165, 1.54) is 17.4 Å². The highest BCUT2D eigenvalue weighted by Gasteiger charge is 2.62. The molecule has 0 saturated carbocycles. The van der Waals surface area contributed by atoms with Crippen molar-refractivity contribution in [3.05, 3.63) is 77.9 Å². The number of fused-ring (bicyclic) bond motifs is 2. The first-order valence-electron chi connectivity index (χ1n) is 9.70. The number of hydrogen-bond donors (Lipinski definition) is 0. The highest BCUT2D eigenvalue weighted by atomic mass is 28.4. The predicted molar refractivity (Wildman–Crippen MR) is 120 cm³/mol. The summed E-state index contributed by atoms with van der Waals surface area (Å²) in [5.41, 5.74) is 3.08. The zero-order valence-electron chi connectivity index (χ0n) is 16.1. The quantitative estimate of drug-likeness (QED) is 0.482. The maximum atomic E-state index is 2.64. The van der Waals surface area contributed by atoms with Crippen molar-refractivity contribution < 1.29 is 0 Å². The Morgan fingerprint density at radius 1 is 0.731 bits per heavy atom. The molecule has 0 saturated heterocycles. The fourth-order valence-electron chi connectivity index (χ4n) is 6.31. The molecule has 130 valence electrons. The van der Waals surface area contributed by atoms with Crippen LogP contribution in [0.25, 0.3) is 16.8 Å². The second kappa shape index (κ2) is 5.08. The summed E-state index contributed by atoms with van der Waals surface area (Å²) in [4.78, 5) is 0. The average molecular weight is 371 g/mol. The van der Waals surface area contributed by atoms with Crippen molar-refractivity contribution in [1.82, 2.24) is 0 Å². The van der Waals surface area contributed by atoms with E-state index in [2.05, 4.69) is 99.0 Å². The number of rotatable bonds is 0. The molecule has 26 heavy (non-hydrogen) atoms. The van der Waals surface area contributed by atoms with Crippen molar-refractivity contribution in [3.8, 4) is 0 Å². The topological polar surface area (TPSA) is 0 Å². The molecule has 0 aromatic heterocycles. The molecule has 0 fully saturated rings. The molecule has 1 spiro atoms. The van der Waals surface area contributed by atoms with Crippen LogP contribution in [-0.2, 0) is 4.66 Å². The molecule has 0 radical (unpaired) electrons. The summed E-state index contributed by atoms with van der Waals surface area (Å²) >= 11 is 0. The summed E-state index contributed by atoms with van der Waals surface area (Å²) in [6.07, 6.45) is 6.03. The molecule has 2 heteroatoms. The number of allylic oxidation sites excluding steroid dienone is 1. The Hall–Kier alpha value is -1.91. The third-order valence-corrected chi connectivity index (χ3v) is 20.0. The number of hydrogen-bond acceptors (Lipinski definition) is 0. The van der Waals surface area contributed by atoms with Gasteiger partial charge in [-0.1, -0.05) is 109 Å². The van der Waals surface area contributed by atoms with Crippen LogP contribution in [0.4, 0.5) is 0 Å². The van der Waals surface area contributed by atoms with Crippen LogP contribution < -0.4 is 10.4 Å². The second-order valence-electron chi connectivity index (χ2n) is 9.06. The molecule has 3 aromatic rings. The lowest BCUT2D eigenvalue weighted by Crippen LogP contribution is -2.78. The van der Waals surface area contributed by atoms with Gasteiger partial charge in [0.25, 0.3) is 0 Å². The predicted octanol–water partition coefficient (Wildman–Crippen LogP) is 5.12.